The van der Waals surface area contributed by atoms with Crippen LogP contribution in [-0.2, 0) is 11.4 Å². The van der Waals surface area contributed by atoms with Gasteiger partial charge in [-0.2, -0.15) is 0 Å². The van der Waals surface area contributed by atoms with Gasteiger partial charge in [0.1, 0.15) is 0 Å². The van der Waals surface area contributed by atoms with E-state index in [4.69, 9.17) is 10.7 Å². The Kier molecular flexibility index (Phi) is 3.14. The molecule has 0 amide bonds. The zero-order chi connectivity index (χ0) is 9.80. The lowest BCUT2D eigenvalue weighted by Crippen LogP contribution is -2.24. The lowest BCUT2D eigenvalue weighted by Gasteiger charge is -2.14. The van der Waals surface area contributed by atoms with E-state index in [0.717, 1.165) is 26.1 Å². The van der Waals surface area contributed by atoms with Crippen LogP contribution in [0.4, 0.5) is 0 Å². The molecule has 0 radical (unpaired) electrons. The van der Waals surface area contributed by atoms with Gasteiger partial charge in [0, 0.05) is 19.6 Å². The van der Waals surface area contributed by atoms with Crippen LogP contribution in [-0.4, -0.2) is 24.1 Å². The number of likely N-dealkylation sites (tertiary alicyclic amines) is 1. The summed E-state index contributed by atoms with van der Waals surface area (Å²) in [6, 6.07) is 10.5. The van der Waals surface area contributed by atoms with E-state index in [2.05, 4.69) is 29.2 Å². The van der Waals surface area contributed by atoms with Crippen LogP contribution in [0.15, 0.2) is 30.3 Å². The molecule has 0 bridgehead atoms. The van der Waals surface area contributed by atoms with Crippen LogP contribution < -0.4 is 5.90 Å². The summed E-state index contributed by atoms with van der Waals surface area (Å²) in [5.41, 5.74) is 1.35. The molecule has 2 N–H and O–H groups in total. The van der Waals surface area contributed by atoms with E-state index >= 15 is 0 Å². The van der Waals surface area contributed by atoms with Crippen LogP contribution in [0.2, 0.25) is 0 Å². The van der Waals surface area contributed by atoms with E-state index in [1.165, 1.54) is 5.56 Å². The summed E-state index contributed by atoms with van der Waals surface area (Å²) in [4.78, 5) is 7.21. The zero-order valence-electron chi connectivity index (χ0n) is 8.23. The van der Waals surface area contributed by atoms with E-state index in [9.17, 15) is 0 Å². The minimum Gasteiger partial charge on any atom is -0.300 e. The fourth-order valence-corrected chi connectivity index (χ4v) is 1.89. The molecule has 1 atom stereocenters. The van der Waals surface area contributed by atoms with Gasteiger partial charge >= 0.3 is 0 Å². The van der Waals surface area contributed by atoms with Crippen molar-refractivity contribution in [3.63, 3.8) is 0 Å². The first-order valence-corrected chi connectivity index (χ1v) is 5.00. The second-order valence-corrected chi connectivity index (χ2v) is 3.77. The Bertz CT molecular complexity index is 276. The van der Waals surface area contributed by atoms with Crippen molar-refractivity contribution in [3.8, 4) is 0 Å². The molecule has 0 aromatic heterocycles. The van der Waals surface area contributed by atoms with Gasteiger partial charge in [-0.3, -0.25) is 9.74 Å². The summed E-state index contributed by atoms with van der Waals surface area (Å²) in [5.74, 6) is 5.16. The van der Waals surface area contributed by atoms with E-state index < -0.39 is 0 Å². The molecule has 1 aromatic rings. The van der Waals surface area contributed by atoms with Crippen molar-refractivity contribution in [2.45, 2.75) is 19.1 Å². The summed E-state index contributed by atoms with van der Waals surface area (Å²) in [6.45, 7) is 3.03. The summed E-state index contributed by atoms with van der Waals surface area (Å²) in [6.07, 6.45) is 1.27. The molecule has 1 unspecified atom stereocenters. The highest BCUT2D eigenvalue weighted by atomic mass is 16.6. The minimum atomic E-state index is 0.221. The number of hydrogen-bond acceptors (Lipinski definition) is 3. The molecule has 1 aliphatic rings. The highest BCUT2D eigenvalue weighted by molar-refractivity contribution is 5.14. The van der Waals surface area contributed by atoms with Crippen LogP contribution in [0.5, 0.6) is 0 Å². The molecule has 2 rings (SSSR count). The fraction of sp³-hybridized carbons (Fsp3) is 0.455. The Balaban J connectivity index is 1.88. The summed E-state index contributed by atoms with van der Waals surface area (Å²) in [7, 11) is 0. The molecule has 1 saturated heterocycles. The third-order valence-corrected chi connectivity index (χ3v) is 2.67. The third-order valence-electron chi connectivity index (χ3n) is 2.67. The Hall–Kier alpha value is -0.900. The average Bonchev–Trinajstić information content (AvgIpc) is 2.67. The number of benzene rings is 1. The summed E-state index contributed by atoms with van der Waals surface area (Å²) >= 11 is 0. The van der Waals surface area contributed by atoms with Crippen molar-refractivity contribution in [3.05, 3.63) is 35.9 Å². The van der Waals surface area contributed by atoms with Crippen molar-refractivity contribution in [1.82, 2.24) is 4.90 Å². The molecule has 1 fully saturated rings. The van der Waals surface area contributed by atoms with E-state index in [-0.39, 0.29) is 6.10 Å². The first kappa shape index (κ1) is 9.65. The Morgan fingerprint density at radius 3 is 2.79 bits per heavy atom. The van der Waals surface area contributed by atoms with Crippen LogP contribution in [0, 0.1) is 0 Å². The first-order chi connectivity index (χ1) is 6.88. The lowest BCUT2D eigenvalue weighted by molar-refractivity contribution is 0.0589. The zero-order valence-corrected chi connectivity index (χ0v) is 8.23. The van der Waals surface area contributed by atoms with Crippen LogP contribution in [0.3, 0.4) is 0 Å². The molecule has 3 nitrogen and oxygen atoms in total. The maximum Gasteiger partial charge on any atom is 0.0926 e. The maximum absolute atomic E-state index is 5.16. The molecule has 1 aromatic carbocycles. The molecular weight excluding hydrogens is 176 g/mol. The largest absolute Gasteiger partial charge is 0.300 e. The highest BCUT2D eigenvalue weighted by Crippen LogP contribution is 2.14. The van der Waals surface area contributed by atoms with Gasteiger partial charge in [-0.1, -0.05) is 30.3 Å². The first-order valence-electron chi connectivity index (χ1n) is 5.00. The third kappa shape index (κ3) is 2.32. The Labute approximate surface area is 84.4 Å². The molecule has 76 valence electrons. The van der Waals surface area contributed by atoms with E-state index in [0.29, 0.717) is 0 Å². The molecule has 3 heteroatoms. The maximum atomic E-state index is 5.16. The summed E-state index contributed by atoms with van der Waals surface area (Å²) in [5, 5.41) is 0. The second kappa shape index (κ2) is 4.55. The van der Waals surface area contributed by atoms with Gasteiger partial charge < -0.3 is 0 Å². The molecule has 0 saturated carbocycles. The van der Waals surface area contributed by atoms with Crippen LogP contribution >= 0.6 is 0 Å². The van der Waals surface area contributed by atoms with E-state index in [1.54, 1.807) is 0 Å². The number of hydrogen-bond donors (Lipinski definition) is 1. The minimum absolute atomic E-state index is 0.221. The topological polar surface area (TPSA) is 38.5 Å². The molecule has 14 heavy (non-hydrogen) atoms. The van der Waals surface area contributed by atoms with Gasteiger partial charge in [-0.25, -0.2) is 5.90 Å². The van der Waals surface area contributed by atoms with Crippen LogP contribution in [0.25, 0.3) is 0 Å². The number of nitrogens with two attached hydrogens (primary N) is 1. The average molecular weight is 192 g/mol. The Morgan fingerprint density at radius 2 is 2.14 bits per heavy atom. The second-order valence-electron chi connectivity index (χ2n) is 3.77. The van der Waals surface area contributed by atoms with Gasteiger partial charge in [0.05, 0.1) is 6.10 Å². The van der Waals surface area contributed by atoms with Crippen molar-refractivity contribution in [2.24, 2.45) is 5.90 Å². The SMILES string of the molecule is NOC1CCN(Cc2ccccc2)C1. The smallest absolute Gasteiger partial charge is 0.0926 e. The van der Waals surface area contributed by atoms with Gasteiger partial charge in [-0.15, -0.1) is 0 Å². The van der Waals surface area contributed by atoms with Gasteiger partial charge in [-0.05, 0) is 12.0 Å². The predicted molar refractivity (Wildman–Crippen MR) is 55.4 cm³/mol. The highest BCUT2D eigenvalue weighted by Gasteiger charge is 2.22. The van der Waals surface area contributed by atoms with Crippen molar-refractivity contribution in [1.29, 1.82) is 0 Å². The predicted octanol–water partition coefficient (Wildman–Crippen LogP) is 1.15. The summed E-state index contributed by atoms with van der Waals surface area (Å²) < 4.78 is 0. The van der Waals surface area contributed by atoms with Gasteiger partial charge in [0.2, 0.25) is 0 Å². The van der Waals surface area contributed by atoms with Gasteiger partial charge in [0.15, 0.2) is 0 Å². The Morgan fingerprint density at radius 1 is 1.36 bits per heavy atom. The van der Waals surface area contributed by atoms with Crippen molar-refractivity contribution in [2.75, 3.05) is 13.1 Å². The molecular formula is C11H16N2O. The number of nitrogens with zero attached hydrogens (tertiary/aromatic N) is 1. The lowest BCUT2D eigenvalue weighted by atomic mass is 10.2. The van der Waals surface area contributed by atoms with E-state index in [1.807, 2.05) is 6.07 Å². The molecule has 1 aliphatic heterocycles. The van der Waals surface area contributed by atoms with Gasteiger partial charge in [0.25, 0.3) is 0 Å². The fourth-order valence-electron chi connectivity index (χ4n) is 1.89. The quantitative estimate of drug-likeness (QED) is 0.730. The van der Waals surface area contributed by atoms with Crippen LogP contribution in [0.1, 0.15) is 12.0 Å². The number of rotatable bonds is 3. The standard InChI is InChI=1S/C11H16N2O/c12-14-11-6-7-13(9-11)8-10-4-2-1-3-5-10/h1-5,11H,6-9,12H2. The monoisotopic (exact) mass is 192 g/mol. The molecule has 1 heterocycles. The van der Waals surface area contributed by atoms with Crippen molar-refractivity contribution < 1.29 is 4.84 Å². The van der Waals surface area contributed by atoms with Crippen molar-refractivity contribution >= 4 is 0 Å². The normalized spacial score (nSPS) is 22.8. The molecule has 0 aliphatic carbocycles. The molecule has 0 spiro atoms.